The van der Waals surface area contributed by atoms with E-state index in [0.29, 0.717) is 16.4 Å². The van der Waals surface area contributed by atoms with Gasteiger partial charge in [0.2, 0.25) is 0 Å². The lowest BCUT2D eigenvalue weighted by atomic mass is 10.2. The number of halogens is 1. The molecule has 1 saturated carbocycles. The first-order valence-electron chi connectivity index (χ1n) is 6.84. The van der Waals surface area contributed by atoms with Crippen molar-refractivity contribution < 1.29 is 0 Å². The number of anilines is 1. The standard InChI is InChI=1S/C13H19BrN4O/c1-17-5-4-10(8-17)16-11-6-15-18(7-9-2-3-9)13(19)12(11)14/h6,9-10,16H,2-5,7-8H2,1H3. The summed E-state index contributed by atoms with van der Waals surface area (Å²) >= 11 is 3.41. The van der Waals surface area contributed by atoms with Gasteiger partial charge in [0.05, 0.1) is 11.9 Å². The summed E-state index contributed by atoms with van der Waals surface area (Å²) in [4.78, 5) is 14.5. The topological polar surface area (TPSA) is 50.2 Å². The van der Waals surface area contributed by atoms with E-state index in [-0.39, 0.29) is 5.56 Å². The molecule has 1 aliphatic heterocycles. The first-order valence-corrected chi connectivity index (χ1v) is 7.63. The molecule has 1 atom stereocenters. The molecule has 19 heavy (non-hydrogen) atoms. The van der Waals surface area contributed by atoms with Gasteiger partial charge in [-0.25, -0.2) is 4.68 Å². The molecule has 2 heterocycles. The molecule has 2 aliphatic rings. The molecular formula is C13H19BrN4O. The summed E-state index contributed by atoms with van der Waals surface area (Å²) in [6, 6.07) is 0.404. The average molecular weight is 327 g/mol. The van der Waals surface area contributed by atoms with Crippen LogP contribution in [0.15, 0.2) is 15.5 Å². The van der Waals surface area contributed by atoms with Gasteiger partial charge in [0.15, 0.2) is 0 Å². The summed E-state index contributed by atoms with van der Waals surface area (Å²) in [5, 5.41) is 7.69. The Kier molecular flexibility index (Phi) is 3.62. The fraction of sp³-hybridized carbons (Fsp3) is 0.692. The second kappa shape index (κ2) is 5.25. The maximum Gasteiger partial charge on any atom is 0.283 e. The van der Waals surface area contributed by atoms with E-state index in [9.17, 15) is 4.79 Å². The summed E-state index contributed by atoms with van der Waals surface area (Å²) in [6.07, 6.45) is 5.32. The van der Waals surface area contributed by atoms with Crippen molar-refractivity contribution in [3.63, 3.8) is 0 Å². The molecule has 1 saturated heterocycles. The molecule has 1 aromatic rings. The summed E-state index contributed by atoms with van der Waals surface area (Å²) in [5.74, 6) is 0.652. The fourth-order valence-electron chi connectivity index (χ4n) is 2.51. The van der Waals surface area contributed by atoms with Crippen LogP contribution in [0.2, 0.25) is 0 Å². The Labute approximate surface area is 121 Å². The van der Waals surface area contributed by atoms with Crippen LogP contribution < -0.4 is 10.9 Å². The van der Waals surface area contributed by atoms with Gasteiger partial charge in [-0.1, -0.05) is 0 Å². The van der Waals surface area contributed by atoms with Crippen molar-refractivity contribution in [2.24, 2.45) is 5.92 Å². The third-order valence-corrected chi connectivity index (χ3v) is 4.63. The molecule has 5 nitrogen and oxygen atoms in total. The first-order chi connectivity index (χ1) is 9.13. The van der Waals surface area contributed by atoms with Gasteiger partial charge >= 0.3 is 0 Å². The van der Waals surface area contributed by atoms with Crippen LogP contribution in [0, 0.1) is 5.92 Å². The molecule has 0 radical (unpaired) electrons. The largest absolute Gasteiger partial charge is 0.379 e. The van der Waals surface area contributed by atoms with Crippen molar-refractivity contribution in [2.75, 3.05) is 25.5 Å². The third-order valence-electron chi connectivity index (χ3n) is 3.86. The Hall–Kier alpha value is -0.880. The molecule has 1 N–H and O–H groups in total. The molecular weight excluding hydrogens is 308 g/mol. The molecule has 0 amide bonds. The minimum absolute atomic E-state index is 0.0248. The maximum absolute atomic E-state index is 12.2. The average Bonchev–Trinajstić information content (AvgIpc) is 3.11. The molecule has 0 aromatic carbocycles. The van der Waals surface area contributed by atoms with Crippen LogP contribution in [0.1, 0.15) is 19.3 Å². The second-order valence-corrected chi connectivity index (χ2v) is 6.49. The van der Waals surface area contributed by atoms with E-state index in [4.69, 9.17) is 0 Å². The summed E-state index contributed by atoms with van der Waals surface area (Å²) in [6.45, 7) is 2.86. The van der Waals surface area contributed by atoms with Gasteiger partial charge in [0.1, 0.15) is 4.47 Å². The highest BCUT2D eigenvalue weighted by Gasteiger charge is 2.24. The van der Waals surface area contributed by atoms with Crippen molar-refractivity contribution in [3.8, 4) is 0 Å². The molecule has 3 rings (SSSR count). The molecule has 0 spiro atoms. The molecule has 1 aromatic heterocycles. The van der Waals surface area contributed by atoms with Crippen molar-refractivity contribution in [2.45, 2.75) is 31.8 Å². The number of likely N-dealkylation sites (N-methyl/N-ethyl adjacent to an activating group) is 1. The predicted octanol–water partition coefficient (Wildman–Crippen LogP) is 1.53. The third kappa shape index (κ3) is 3.00. The lowest BCUT2D eigenvalue weighted by Gasteiger charge is -2.15. The lowest BCUT2D eigenvalue weighted by molar-refractivity contribution is 0.414. The zero-order chi connectivity index (χ0) is 13.4. The monoisotopic (exact) mass is 326 g/mol. The number of aromatic nitrogens is 2. The normalized spacial score (nSPS) is 23.8. The van der Waals surface area contributed by atoms with Gasteiger partial charge < -0.3 is 10.2 Å². The Morgan fingerprint density at radius 1 is 1.47 bits per heavy atom. The molecule has 104 valence electrons. The van der Waals surface area contributed by atoms with Crippen LogP contribution in [0.25, 0.3) is 0 Å². The highest BCUT2D eigenvalue weighted by molar-refractivity contribution is 9.10. The van der Waals surface area contributed by atoms with E-state index in [0.717, 1.165) is 31.7 Å². The van der Waals surface area contributed by atoms with Crippen LogP contribution in [0.5, 0.6) is 0 Å². The van der Waals surface area contributed by atoms with Gasteiger partial charge in [-0.3, -0.25) is 4.79 Å². The Balaban J connectivity index is 1.74. The molecule has 0 bridgehead atoms. The van der Waals surface area contributed by atoms with E-state index < -0.39 is 0 Å². The molecule has 6 heteroatoms. The van der Waals surface area contributed by atoms with E-state index in [1.165, 1.54) is 12.8 Å². The number of hydrogen-bond acceptors (Lipinski definition) is 4. The van der Waals surface area contributed by atoms with Crippen molar-refractivity contribution in [1.29, 1.82) is 0 Å². The highest BCUT2D eigenvalue weighted by Crippen LogP contribution is 2.30. The number of likely N-dealkylation sites (tertiary alicyclic amines) is 1. The Morgan fingerprint density at radius 2 is 2.26 bits per heavy atom. The van der Waals surface area contributed by atoms with Crippen molar-refractivity contribution >= 4 is 21.6 Å². The number of hydrogen-bond donors (Lipinski definition) is 1. The van der Waals surface area contributed by atoms with E-state index in [1.54, 1.807) is 10.9 Å². The highest BCUT2D eigenvalue weighted by atomic mass is 79.9. The number of nitrogens with zero attached hydrogens (tertiary/aromatic N) is 3. The van der Waals surface area contributed by atoms with Crippen LogP contribution in [-0.2, 0) is 6.54 Å². The number of rotatable bonds is 4. The molecule has 2 fully saturated rings. The minimum atomic E-state index is -0.0248. The Bertz CT molecular complexity index is 526. The number of nitrogens with one attached hydrogen (secondary N) is 1. The SMILES string of the molecule is CN1CCC(Nc2cnn(CC3CC3)c(=O)c2Br)C1. The van der Waals surface area contributed by atoms with Gasteiger partial charge in [-0.2, -0.15) is 5.10 Å². The first kappa shape index (κ1) is 13.1. The van der Waals surface area contributed by atoms with Gasteiger partial charge in [-0.15, -0.1) is 0 Å². The summed E-state index contributed by atoms with van der Waals surface area (Å²) in [5.41, 5.74) is 0.792. The second-order valence-electron chi connectivity index (χ2n) is 5.70. The quantitative estimate of drug-likeness (QED) is 0.911. The van der Waals surface area contributed by atoms with Crippen molar-refractivity contribution in [3.05, 3.63) is 21.0 Å². The molecule has 1 aliphatic carbocycles. The lowest BCUT2D eigenvalue weighted by Crippen LogP contribution is -2.28. The van der Waals surface area contributed by atoms with E-state index >= 15 is 0 Å². The van der Waals surface area contributed by atoms with E-state index in [2.05, 4.69) is 38.3 Å². The van der Waals surface area contributed by atoms with Crippen LogP contribution in [-0.4, -0.2) is 40.9 Å². The zero-order valence-corrected chi connectivity index (χ0v) is 12.7. The Morgan fingerprint density at radius 3 is 2.89 bits per heavy atom. The fourth-order valence-corrected chi connectivity index (χ4v) is 2.93. The van der Waals surface area contributed by atoms with Crippen LogP contribution in [0.3, 0.4) is 0 Å². The summed E-state index contributed by atoms with van der Waals surface area (Å²) < 4.78 is 2.19. The van der Waals surface area contributed by atoms with Crippen LogP contribution >= 0.6 is 15.9 Å². The summed E-state index contributed by atoms with van der Waals surface area (Å²) in [7, 11) is 2.11. The van der Waals surface area contributed by atoms with Gasteiger partial charge in [0, 0.05) is 19.1 Å². The predicted molar refractivity (Wildman–Crippen MR) is 78.4 cm³/mol. The van der Waals surface area contributed by atoms with Gasteiger partial charge in [-0.05, 0) is 54.7 Å². The van der Waals surface area contributed by atoms with Crippen LogP contribution in [0.4, 0.5) is 5.69 Å². The zero-order valence-electron chi connectivity index (χ0n) is 11.1. The molecule has 1 unspecified atom stereocenters. The van der Waals surface area contributed by atoms with Crippen molar-refractivity contribution in [1.82, 2.24) is 14.7 Å². The minimum Gasteiger partial charge on any atom is -0.379 e. The smallest absolute Gasteiger partial charge is 0.283 e. The van der Waals surface area contributed by atoms with E-state index in [1.807, 2.05) is 0 Å². The van der Waals surface area contributed by atoms with Gasteiger partial charge in [0.25, 0.3) is 5.56 Å². The maximum atomic E-state index is 12.2.